The number of hydrogen-bond donors (Lipinski definition) is 1. The van der Waals surface area contributed by atoms with Crippen molar-refractivity contribution in [2.24, 2.45) is 0 Å². The van der Waals surface area contributed by atoms with E-state index in [2.05, 4.69) is 9.84 Å². The van der Waals surface area contributed by atoms with E-state index in [0.29, 0.717) is 13.0 Å². The van der Waals surface area contributed by atoms with Crippen LogP contribution in [0.1, 0.15) is 23.0 Å². The largest absolute Gasteiger partial charge is 0.464 e. The Morgan fingerprint density at radius 1 is 1.75 bits per heavy atom. The van der Waals surface area contributed by atoms with Gasteiger partial charge in [-0.05, 0) is 0 Å². The fourth-order valence-corrected chi connectivity index (χ4v) is 1.55. The lowest BCUT2D eigenvalue weighted by molar-refractivity contribution is -0.140. The smallest absolute Gasteiger partial charge is 0.360 e. The van der Waals surface area contributed by atoms with E-state index in [1.54, 1.807) is 0 Å². The Morgan fingerprint density at radius 3 is 3.06 bits per heavy atom. The molecule has 86 valence electrons. The Balaban J connectivity index is 2.30. The molecule has 16 heavy (non-hydrogen) atoms. The fourth-order valence-electron chi connectivity index (χ4n) is 1.55. The van der Waals surface area contributed by atoms with Crippen LogP contribution in [0.3, 0.4) is 0 Å². The molecule has 0 saturated carbocycles. The zero-order valence-electron chi connectivity index (χ0n) is 8.67. The Bertz CT molecular complexity index is 440. The number of aromatic nitrogens is 2. The van der Waals surface area contributed by atoms with Crippen molar-refractivity contribution < 1.29 is 19.1 Å². The number of cyclic esters (lactones) is 1. The number of nitrogens with zero attached hydrogens (tertiary/aromatic N) is 2. The van der Waals surface area contributed by atoms with E-state index in [1.165, 1.54) is 18.0 Å². The van der Waals surface area contributed by atoms with Gasteiger partial charge in [0.05, 0.1) is 19.4 Å². The molecule has 1 unspecified atom stereocenters. The molecule has 1 aliphatic rings. The van der Waals surface area contributed by atoms with Crippen molar-refractivity contribution in [2.75, 3.05) is 19.5 Å². The molecule has 0 aliphatic carbocycles. The number of hydrogen-bond acceptors (Lipinski definition) is 6. The molecule has 7 heteroatoms. The molecule has 1 aromatic rings. The van der Waals surface area contributed by atoms with Crippen molar-refractivity contribution in [3.8, 4) is 0 Å². The van der Waals surface area contributed by atoms with Gasteiger partial charge in [0.15, 0.2) is 11.7 Å². The summed E-state index contributed by atoms with van der Waals surface area (Å²) in [6.07, 6.45) is 1.96. The van der Waals surface area contributed by atoms with Gasteiger partial charge in [-0.15, -0.1) is 0 Å². The Labute approximate surface area is 91.1 Å². The number of carbonyl (C=O) groups is 2. The van der Waals surface area contributed by atoms with Crippen molar-refractivity contribution in [3.05, 3.63) is 11.9 Å². The number of methoxy groups -OCH3 is 1. The first kappa shape index (κ1) is 10.5. The summed E-state index contributed by atoms with van der Waals surface area (Å²) in [5.74, 6) is -0.985. The van der Waals surface area contributed by atoms with Gasteiger partial charge in [-0.2, -0.15) is 5.10 Å². The predicted molar refractivity (Wildman–Crippen MR) is 52.6 cm³/mol. The minimum Gasteiger partial charge on any atom is -0.464 e. The first-order chi connectivity index (χ1) is 7.63. The lowest BCUT2D eigenvalue weighted by Gasteiger charge is -2.04. The molecule has 1 fully saturated rings. The average molecular weight is 225 g/mol. The molecule has 2 N–H and O–H groups in total. The summed E-state index contributed by atoms with van der Waals surface area (Å²) in [4.78, 5) is 22.5. The van der Waals surface area contributed by atoms with Crippen LogP contribution in [0.15, 0.2) is 6.20 Å². The quantitative estimate of drug-likeness (QED) is 0.696. The molecule has 0 spiro atoms. The molecule has 0 aromatic carbocycles. The highest BCUT2D eigenvalue weighted by Crippen LogP contribution is 2.22. The van der Waals surface area contributed by atoms with E-state index in [9.17, 15) is 9.59 Å². The summed E-state index contributed by atoms with van der Waals surface area (Å²) in [5, 5.41) is 3.93. The lowest BCUT2D eigenvalue weighted by Crippen LogP contribution is -2.15. The fraction of sp³-hybridized carbons (Fsp3) is 0.444. The van der Waals surface area contributed by atoms with Crippen LogP contribution in [0.5, 0.6) is 0 Å². The zero-order valence-corrected chi connectivity index (χ0v) is 8.67. The maximum Gasteiger partial charge on any atom is 0.360 e. The SMILES string of the molecule is COC(=O)c1nn(C2CCOC2=O)cc1N. The van der Waals surface area contributed by atoms with E-state index in [4.69, 9.17) is 10.5 Å². The Morgan fingerprint density at radius 2 is 2.50 bits per heavy atom. The maximum absolute atomic E-state index is 11.3. The predicted octanol–water partition coefficient (Wildman–Crippen LogP) is -0.260. The number of rotatable bonds is 2. The molecule has 0 radical (unpaired) electrons. The monoisotopic (exact) mass is 225 g/mol. The number of esters is 2. The highest BCUT2D eigenvalue weighted by Gasteiger charge is 2.30. The highest BCUT2D eigenvalue weighted by molar-refractivity contribution is 5.92. The van der Waals surface area contributed by atoms with E-state index >= 15 is 0 Å². The molecular weight excluding hydrogens is 214 g/mol. The van der Waals surface area contributed by atoms with Crippen LogP contribution in [0.4, 0.5) is 5.69 Å². The number of carbonyl (C=O) groups excluding carboxylic acids is 2. The van der Waals surface area contributed by atoms with E-state index in [1.807, 2.05) is 0 Å². The Hall–Kier alpha value is -2.05. The third kappa shape index (κ3) is 1.60. The molecule has 2 rings (SSSR count). The van der Waals surface area contributed by atoms with Gasteiger partial charge in [0, 0.05) is 12.6 Å². The highest BCUT2D eigenvalue weighted by atomic mass is 16.5. The summed E-state index contributed by atoms with van der Waals surface area (Å²) in [6.45, 7) is 0.358. The van der Waals surface area contributed by atoms with Crippen LogP contribution >= 0.6 is 0 Å². The molecule has 0 amide bonds. The molecule has 7 nitrogen and oxygen atoms in total. The first-order valence-electron chi connectivity index (χ1n) is 4.73. The topological polar surface area (TPSA) is 96.4 Å². The molecule has 2 heterocycles. The second-order valence-electron chi connectivity index (χ2n) is 3.38. The second kappa shape index (κ2) is 3.84. The van der Waals surface area contributed by atoms with Crippen molar-refractivity contribution in [3.63, 3.8) is 0 Å². The normalized spacial score (nSPS) is 19.6. The second-order valence-corrected chi connectivity index (χ2v) is 3.38. The van der Waals surface area contributed by atoms with E-state index in [-0.39, 0.29) is 17.4 Å². The van der Waals surface area contributed by atoms with Crippen LogP contribution in [-0.4, -0.2) is 35.4 Å². The van der Waals surface area contributed by atoms with Gasteiger partial charge in [-0.25, -0.2) is 9.59 Å². The van der Waals surface area contributed by atoms with Crippen molar-refractivity contribution >= 4 is 17.6 Å². The summed E-state index contributed by atoms with van der Waals surface area (Å²) in [5.41, 5.74) is 5.80. The third-order valence-electron chi connectivity index (χ3n) is 2.37. The summed E-state index contributed by atoms with van der Waals surface area (Å²) in [7, 11) is 1.24. The summed E-state index contributed by atoms with van der Waals surface area (Å²) >= 11 is 0. The summed E-state index contributed by atoms with van der Waals surface area (Å²) in [6, 6.07) is -0.499. The minimum absolute atomic E-state index is 0.0159. The first-order valence-corrected chi connectivity index (χ1v) is 4.73. The summed E-state index contributed by atoms with van der Waals surface area (Å²) < 4.78 is 10.7. The van der Waals surface area contributed by atoms with Crippen molar-refractivity contribution in [1.29, 1.82) is 0 Å². The molecule has 1 aromatic heterocycles. The van der Waals surface area contributed by atoms with Crippen molar-refractivity contribution in [1.82, 2.24) is 9.78 Å². The molecule has 1 atom stereocenters. The van der Waals surface area contributed by atoms with Gasteiger partial charge in [0.2, 0.25) is 0 Å². The van der Waals surface area contributed by atoms with Gasteiger partial charge in [0.1, 0.15) is 0 Å². The van der Waals surface area contributed by atoms with Crippen LogP contribution in [-0.2, 0) is 14.3 Å². The van der Waals surface area contributed by atoms with Gasteiger partial charge < -0.3 is 15.2 Å². The van der Waals surface area contributed by atoms with Crippen LogP contribution < -0.4 is 5.73 Å². The maximum atomic E-state index is 11.3. The molecule has 1 aliphatic heterocycles. The van der Waals surface area contributed by atoms with Gasteiger partial charge in [-0.3, -0.25) is 4.68 Å². The van der Waals surface area contributed by atoms with Gasteiger partial charge >= 0.3 is 11.9 Å². The number of nitrogens with two attached hydrogens (primary N) is 1. The van der Waals surface area contributed by atoms with E-state index < -0.39 is 12.0 Å². The number of nitrogen functional groups attached to an aromatic ring is 1. The standard InChI is InChI=1S/C9H11N3O4/c1-15-9(14)7-5(10)4-12(11-7)6-2-3-16-8(6)13/h4,6H,2-3,10H2,1H3. The number of ether oxygens (including phenoxy) is 2. The number of anilines is 1. The third-order valence-corrected chi connectivity index (χ3v) is 2.37. The van der Waals surface area contributed by atoms with Gasteiger partial charge in [-0.1, -0.05) is 0 Å². The lowest BCUT2D eigenvalue weighted by atomic mass is 10.2. The average Bonchev–Trinajstić information content (AvgIpc) is 2.83. The van der Waals surface area contributed by atoms with Crippen LogP contribution in [0.2, 0.25) is 0 Å². The van der Waals surface area contributed by atoms with E-state index in [0.717, 1.165) is 0 Å². The van der Waals surface area contributed by atoms with Crippen LogP contribution in [0.25, 0.3) is 0 Å². The Kier molecular flexibility index (Phi) is 2.51. The zero-order chi connectivity index (χ0) is 11.7. The van der Waals surface area contributed by atoms with Gasteiger partial charge in [0.25, 0.3) is 0 Å². The van der Waals surface area contributed by atoms with Crippen molar-refractivity contribution in [2.45, 2.75) is 12.5 Å². The molecule has 1 saturated heterocycles. The molecular formula is C9H11N3O4. The van der Waals surface area contributed by atoms with Crippen LogP contribution in [0, 0.1) is 0 Å². The minimum atomic E-state index is -0.623. The molecule has 0 bridgehead atoms.